The maximum Gasteiger partial charge on any atom is 0.416 e. The number of anilines is 1. The summed E-state index contributed by atoms with van der Waals surface area (Å²) < 4.78 is 55.6. The van der Waals surface area contributed by atoms with Crippen molar-refractivity contribution in [1.82, 2.24) is 5.32 Å². The number of hydrogen-bond donors (Lipinski definition) is 2. The Labute approximate surface area is 194 Å². The highest BCUT2D eigenvalue weighted by molar-refractivity contribution is 7.80. The standard InChI is InChI=1S/C21H22ClF3N2O4S/c1-4-29-16-9-12(10-17(30-5-2)18(16)31-6-3)19(28)27-20(32)26-15-11-13(21(23,24)25)7-8-14(15)22/h7-11H,4-6H2,1-3H3,(H2,26,27,28,32). The SMILES string of the molecule is CCOc1cc(C(=O)NC(=S)Nc2cc(C(F)(F)F)ccc2Cl)cc(OCC)c1OCC. The predicted molar refractivity (Wildman–Crippen MR) is 120 cm³/mol. The van der Waals surface area contributed by atoms with E-state index in [0.29, 0.717) is 37.1 Å². The molecular formula is C21H22ClF3N2O4S. The summed E-state index contributed by atoms with van der Waals surface area (Å²) in [5.74, 6) is 0.357. The average molecular weight is 491 g/mol. The highest BCUT2D eigenvalue weighted by atomic mass is 35.5. The molecule has 0 fully saturated rings. The van der Waals surface area contributed by atoms with Crippen molar-refractivity contribution in [3.63, 3.8) is 0 Å². The fourth-order valence-electron chi connectivity index (χ4n) is 2.65. The molecule has 2 rings (SSSR count). The summed E-state index contributed by atoms with van der Waals surface area (Å²) in [6.07, 6.45) is -4.56. The Balaban J connectivity index is 2.26. The zero-order valence-electron chi connectivity index (χ0n) is 17.6. The first-order chi connectivity index (χ1) is 15.1. The van der Waals surface area contributed by atoms with Gasteiger partial charge < -0.3 is 19.5 Å². The summed E-state index contributed by atoms with van der Waals surface area (Å²) in [4.78, 5) is 12.7. The molecule has 32 heavy (non-hydrogen) atoms. The number of carbonyl (C=O) groups is 1. The van der Waals surface area contributed by atoms with Gasteiger partial charge in [0.1, 0.15) is 0 Å². The number of carbonyl (C=O) groups excluding carboxylic acids is 1. The predicted octanol–water partition coefficient (Wildman–Crippen LogP) is 5.68. The molecule has 0 aliphatic heterocycles. The van der Waals surface area contributed by atoms with Crippen LogP contribution in [0.2, 0.25) is 5.02 Å². The fourth-order valence-corrected chi connectivity index (χ4v) is 3.01. The summed E-state index contributed by atoms with van der Waals surface area (Å²) in [6.45, 7) is 6.36. The molecule has 0 saturated heterocycles. The van der Waals surface area contributed by atoms with Crippen LogP contribution in [-0.2, 0) is 6.18 Å². The van der Waals surface area contributed by atoms with Gasteiger partial charge >= 0.3 is 6.18 Å². The second-order valence-electron chi connectivity index (χ2n) is 6.20. The van der Waals surface area contributed by atoms with Crippen LogP contribution >= 0.6 is 23.8 Å². The minimum atomic E-state index is -4.56. The molecule has 11 heteroatoms. The number of halogens is 4. The van der Waals surface area contributed by atoms with E-state index in [-0.39, 0.29) is 21.4 Å². The van der Waals surface area contributed by atoms with E-state index in [9.17, 15) is 18.0 Å². The molecule has 2 N–H and O–H groups in total. The molecule has 0 unspecified atom stereocenters. The number of benzene rings is 2. The first-order valence-electron chi connectivity index (χ1n) is 9.66. The summed E-state index contributed by atoms with van der Waals surface area (Å²) in [7, 11) is 0. The smallest absolute Gasteiger partial charge is 0.416 e. The molecule has 0 bridgehead atoms. The number of thiocarbonyl (C=S) groups is 1. The second-order valence-corrected chi connectivity index (χ2v) is 7.02. The van der Waals surface area contributed by atoms with E-state index in [0.717, 1.165) is 18.2 Å². The molecule has 0 aromatic heterocycles. The van der Waals surface area contributed by atoms with Crippen LogP contribution in [0.25, 0.3) is 0 Å². The minimum Gasteiger partial charge on any atom is -0.490 e. The quantitative estimate of drug-likeness (QED) is 0.464. The van der Waals surface area contributed by atoms with Crippen LogP contribution < -0.4 is 24.8 Å². The Hall–Kier alpha value is -2.72. The highest BCUT2D eigenvalue weighted by Gasteiger charge is 2.31. The molecule has 2 aromatic carbocycles. The Morgan fingerprint density at radius 1 is 1.00 bits per heavy atom. The number of amides is 1. The van der Waals surface area contributed by atoms with E-state index in [2.05, 4.69) is 10.6 Å². The normalized spacial score (nSPS) is 11.0. The van der Waals surface area contributed by atoms with Crippen molar-refractivity contribution >= 4 is 40.5 Å². The van der Waals surface area contributed by atoms with E-state index in [1.165, 1.54) is 12.1 Å². The third-order valence-corrected chi connectivity index (χ3v) is 4.47. The maximum atomic E-state index is 12.9. The number of alkyl halides is 3. The zero-order chi connectivity index (χ0) is 23.9. The van der Waals surface area contributed by atoms with Crippen molar-refractivity contribution in [2.24, 2.45) is 0 Å². The molecule has 0 atom stereocenters. The lowest BCUT2D eigenvalue weighted by molar-refractivity contribution is -0.137. The van der Waals surface area contributed by atoms with E-state index >= 15 is 0 Å². The van der Waals surface area contributed by atoms with Crippen LogP contribution in [0, 0.1) is 0 Å². The number of hydrogen-bond acceptors (Lipinski definition) is 5. The largest absolute Gasteiger partial charge is 0.490 e. The Morgan fingerprint density at radius 2 is 1.56 bits per heavy atom. The van der Waals surface area contributed by atoms with Gasteiger partial charge in [-0.1, -0.05) is 11.6 Å². The summed E-state index contributed by atoms with van der Waals surface area (Å²) >= 11 is 11.0. The second kappa shape index (κ2) is 11.2. The molecule has 2 aromatic rings. The Kier molecular flexibility index (Phi) is 8.97. The van der Waals surface area contributed by atoms with E-state index in [4.69, 9.17) is 38.0 Å². The van der Waals surface area contributed by atoms with Crippen molar-refractivity contribution in [3.8, 4) is 17.2 Å². The van der Waals surface area contributed by atoms with Crippen LogP contribution in [0.15, 0.2) is 30.3 Å². The van der Waals surface area contributed by atoms with Gasteiger partial charge in [-0.05, 0) is 63.3 Å². The average Bonchev–Trinajstić information content (AvgIpc) is 2.71. The van der Waals surface area contributed by atoms with Crippen molar-refractivity contribution in [2.45, 2.75) is 26.9 Å². The van der Waals surface area contributed by atoms with Gasteiger partial charge in [0.25, 0.3) is 5.91 Å². The first-order valence-corrected chi connectivity index (χ1v) is 10.4. The molecule has 0 spiro atoms. The van der Waals surface area contributed by atoms with Crippen LogP contribution in [0.4, 0.5) is 18.9 Å². The van der Waals surface area contributed by atoms with E-state index < -0.39 is 17.6 Å². The molecule has 0 saturated carbocycles. The fraction of sp³-hybridized carbons (Fsp3) is 0.333. The van der Waals surface area contributed by atoms with Crippen LogP contribution in [0.1, 0.15) is 36.7 Å². The molecule has 0 aliphatic carbocycles. The van der Waals surface area contributed by atoms with Crippen molar-refractivity contribution in [3.05, 3.63) is 46.5 Å². The topological polar surface area (TPSA) is 68.8 Å². The summed E-state index contributed by atoms with van der Waals surface area (Å²) in [5.41, 5.74) is -0.851. The lowest BCUT2D eigenvalue weighted by Gasteiger charge is -2.17. The Bertz CT molecular complexity index is 959. The molecule has 174 valence electrons. The zero-order valence-corrected chi connectivity index (χ0v) is 19.1. The van der Waals surface area contributed by atoms with E-state index in [1.807, 2.05) is 0 Å². The third-order valence-electron chi connectivity index (χ3n) is 3.94. The summed E-state index contributed by atoms with van der Waals surface area (Å²) in [6, 6.07) is 5.67. The lowest BCUT2D eigenvalue weighted by atomic mass is 10.1. The van der Waals surface area contributed by atoms with Gasteiger partial charge in [-0.3, -0.25) is 10.1 Å². The van der Waals surface area contributed by atoms with Gasteiger partial charge in [-0.15, -0.1) is 0 Å². The number of ether oxygens (including phenoxy) is 3. The van der Waals surface area contributed by atoms with Crippen molar-refractivity contribution in [2.75, 3.05) is 25.1 Å². The van der Waals surface area contributed by atoms with Crippen LogP contribution in [-0.4, -0.2) is 30.8 Å². The van der Waals surface area contributed by atoms with Gasteiger partial charge in [0.05, 0.1) is 36.1 Å². The monoisotopic (exact) mass is 490 g/mol. The number of nitrogens with one attached hydrogen (secondary N) is 2. The third kappa shape index (κ3) is 6.64. The van der Waals surface area contributed by atoms with Crippen molar-refractivity contribution in [1.29, 1.82) is 0 Å². The molecular weight excluding hydrogens is 469 g/mol. The van der Waals surface area contributed by atoms with Gasteiger partial charge in [-0.25, -0.2) is 0 Å². The van der Waals surface area contributed by atoms with Gasteiger partial charge in [0, 0.05) is 5.56 Å². The van der Waals surface area contributed by atoms with Gasteiger partial charge in [0.15, 0.2) is 16.6 Å². The first kappa shape index (κ1) is 25.5. The highest BCUT2D eigenvalue weighted by Crippen LogP contribution is 2.39. The lowest BCUT2D eigenvalue weighted by Crippen LogP contribution is -2.34. The van der Waals surface area contributed by atoms with Gasteiger partial charge in [0.2, 0.25) is 5.75 Å². The molecule has 1 amide bonds. The summed E-state index contributed by atoms with van der Waals surface area (Å²) in [5, 5.41) is 4.70. The molecule has 0 aliphatic rings. The molecule has 0 radical (unpaired) electrons. The van der Waals surface area contributed by atoms with Crippen LogP contribution in [0.3, 0.4) is 0 Å². The Morgan fingerprint density at radius 3 is 2.06 bits per heavy atom. The molecule has 0 heterocycles. The minimum absolute atomic E-state index is 0.00734. The maximum absolute atomic E-state index is 12.9. The van der Waals surface area contributed by atoms with Crippen LogP contribution in [0.5, 0.6) is 17.2 Å². The number of rotatable bonds is 8. The van der Waals surface area contributed by atoms with Crippen molar-refractivity contribution < 1.29 is 32.2 Å². The molecule has 6 nitrogen and oxygen atoms in total. The van der Waals surface area contributed by atoms with E-state index in [1.54, 1.807) is 20.8 Å². The van der Waals surface area contributed by atoms with Gasteiger partial charge in [-0.2, -0.15) is 13.2 Å².